The van der Waals surface area contributed by atoms with Gasteiger partial charge in [-0.1, -0.05) is 47.1 Å². The van der Waals surface area contributed by atoms with Crippen LogP contribution in [-0.2, 0) is 16.2 Å². The molecular weight excluding hydrogens is 367 g/mol. The fourth-order valence-corrected chi connectivity index (χ4v) is 3.43. The first kappa shape index (κ1) is 18.0. The first-order chi connectivity index (χ1) is 13.1. The summed E-state index contributed by atoms with van der Waals surface area (Å²) in [4.78, 5) is 20.1. The number of carbonyl (C=O) groups excluding carboxylic acids is 1. The molecule has 6 heteroatoms. The van der Waals surface area contributed by atoms with Crippen LogP contribution in [0.3, 0.4) is 0 Å². The summed E-state index contributed by atoms with van der Waals surface area (Å²) in [6, 6.07) is 13.8. The Balaban J connectivity index is 1.44. The second-order valence-corrected chi connectivity index (χ2v) is 7.47. The molecule has 0 radical (unpaired) electrons. The zero-order chi connectivity index (χ0) is 18.8. The molecule has 2 aromatic rings. The lowest BCUT2D eigenvalue weighted by Crippen LogP contribution is -2.38. The Hall–Kier alpha value is -2.40. The van der Waals surface area contributed by atoms with Crippen molar-refractivity contribution in [1.29, 1.82) is 0 Å². The molecule has 1 aliphatic heterocycles. The van der Waals surface area contributed by atoms with Crippen molar-refractivity contribution in [2.45, 2.75) is 31.9 Å². The number of halogens is 2. The summed E-state index contributed by atoms with van der Waals surface area (Å²) in [6.07, 6.45) is 2.26. The fraction of sp³-hybridized carbons (Fsp3) is 0.333. The van der Waals surface area contributed by atoms with Crippen molar-refractivity contribution in [3.05, 3.63) is 70.5 Å². The molecule has 1 aliphatic carbocycles. The molecular formula is C21H20ClFN2O2. The van der Waals surface area contributed by atoms with Crippen molar-refractivity contribution in [2.75, 3.05) is 6.54 Å². The molecule has 1 amide bonds. The predicted molar refractivity (Wildman–Crippen MR) is 102 cm³/mol. The third-order valence-electron chi connectivity index (χ3n) is 4.89. The van der Waals surface area contributed by atoms with Gasteiger partial charge in [-0.25, -0.2) is 4.39 Å². The molecule has 1 heterocycles. The Morgan fingerprint density at radius 2 is 1.93 bits per heavy atom. The highest BCUT2D eigenvalue weighted by molar-refractivity contribution is 6.31. The normalized spacial score (nSPS) is 18.7. The van der Waals surface area contributed by atoms with E-state index in [2.05, 4.69) is 5.16 Å². The van der Waals surface area contributed by atoms with E-state index in [1.807, 2.05) is 29.2 Å². The second kappa shape index (κ2) is 7.69. The van der Waals surface area contributed by atoms with E-state index >= 15 is 0 Å². The molecule has 1 fully saturated rings. The van der Waals surface area contributed by atoms with Crippen molar-refractivity contribution in [3.8, 4) is 0 Å². The quantitative estimate of drug-likeness (QED) is 0.737. The molecule has 2 aromatic carbocycles. The molecule has 1 saturated carbocycles. The molecule has 0 unspecified atom stereocenters. The molecule has 4 nitrogen and oxygen atoms in total. The summed E-state index contributed by atoms with van der Waals surface area (Å²) in [6.45, 7) is 0.912. The summed E-state index contributed by atoms with van der Waals surface area (Å²) in [5.74, 6) is -0.0177. The third-order valence-corrected chi connectivity index (χ3v) is 5.26. The summed E-state index contributed by atoms with van der Waals surface area (Å²) >= 11 is 6.28. The van der Waals surface area contributed by atoms with Gasteiger partial charge in [0, 0.05) is 23.9 Å². The van der Waals surface area contributed by atoms with Crippen LogP contribution in [0.25, 0.3) is 0 Å². The van der Waals surface area contributed by atoms with Gasteiger partial charge in [-0.15, -0.1) is 0 Å². The molecule has 1 atom stereocenters. The maximum absolute atomic E-state index is 13.1. The minimum Gasteiger partial charge on any atom is -0.390 e. The number of hydrogen-bond donors (Lipinski definition) is 0. The van der Waals surface area contributed by atoms with Crippen molar-refractivity contribution in [1.82, 2.24) is 4.90 Å². The van der Waals surface area contributed by atoms with Gasteiger partial charge in [0.15, 0.2) is 6.10 Å². The Morgan fingerprint density at radius 3 is 2.63 bits per heavy atom. The molecule has 0 saturated heterocycles. The van der Waals surface area contributed by atoms with E-state index in [1.54, 1.807) is 12.1 Å². The average molecular weight is 387 g/mol. The standard InChI is InChI=1S/C21H20ClFN2O2/c22-19-4-2-1-3-16(19)12-25(21(26)15-5-6-15)13-18-11-20(24-27-18)14-7-9-17(23)10-8-14/h1-4,7-10,15,18H,5-6,11-13H2/t18-/m0/s1. The summed E-state index contributed by atoms with van der Waals surface area (Å²) in [7, 11) is 0. The van der Waals surface area contributed by atoms with Crippen LogP contribution in [0.2, 0.25) is 5.02 Å². The lowest BCUT2D eigenvalue weighted by Gasteiger charge is -2.25. The molecule has 2 aliphatic rings. The van der Waals surface area contributed by atoms with Gasteiger partial charge in [0.2, 0.25) is 5.91 Å². The summed E-state index contributed by atoms with van der Waals surface area (Å²) in [5, 5.41) is 4.80. The number of amides is 1. The second-order valence-electron chi connectivity index (χ2n) is 7.06. The van der Waals surface area contributed by atoms with E-state index in [-0.39, 0.29) is 23.7 Å². The van der Waals surface area contributed by atoms with E-state index in [0.29, 0.717) is 24.5 Å². The van der Waals surface area contributed by atoms with Crippen molar-refractivity contribution in [3.63, 3.8) is 0 Å². The van der Waals surface area contributed by atoms with Crippen molar-refractivity contribution < 1.29 is 14.0 Å². The molecule has 27 heavy (non-hydrogen) atoms. The summed E-state index contributed by atoms with van der Waals surface area (Å²) in [5.41, 5.74) is 2.53. The fourth-order valence-electron chi connectivity index (χ4n) is 3.24. The van der Waals surface area contributed by atoms with Crippen LogP contribution in [0.15, 0.2) is 53.7 Å². The number of benzene rings is 2. The summed E-state index contributed by atoms with van der Waals surface area (Å²) < 4.78 is 13.1. The lowest BCUT2D eigenvalue weighted by atomic mass is 10.0. The van der Waals surface area contributed by atoms with Crippen LogP contribution in [0.4, 0.5) is 4.39 Å². The topological polar surface area (TPSA) is 41.9 Å². The minimum absolute atomic E-state index is 0.117. The molecule has 0 N–H and O–H groups in total. The Morgan fingerprint density at radius 1 is 1.19 bits per heavy atom. The zero-order valence-electron chi connectivity index (χ0n) is 14.8. The van der Waals surface area contributed by atoms with E-state index < -0.39 is 0 Å². The van der Waals surface area contributed by atoms with Crippen LogP contribution in [0, 0.1) is 11.7 Å². The molecule has 0 bridgehead atoms. The van der Waals surface area contributed by atoms with Crippen LogP contribution in [-0.4, -0.2) is 29.2 Å². The molecule has 0 aromatic heterocycles. The van der Waals surface area contributed by atoms with Gasteiger partial charge in [-0.05, 0) is 42.2 Å². The average Bonchev–Trinajstić information content (AvgIpc) is 3.42. The smallest absolute Gasteiger partial charge is 0.226 e. The highest BCUT2D eigenvalue weighted by Gasteiger charge is 2.35. The van der Waals surface area contributed by atoms with E-state index in [0.717, 1.165) is 29.7 Å². The van der Waals surface area contributed by atoms with Gasteiger partial charge >= 0.3 is 0 Å². The van der Waals surface area contributed by atoms with Crippen LogP contribution in [0.5, 0.6) is 0 Å². The van der Waals surface area contributed by atoms with Crippen molar-refractivity contribution >= 4 is 23.2 Å². The number of carbonyl (C=O) groups is 1. The van der Waals surface area contributed by atoms with E-state index in [1.165, 1.54) is 12.1 Å². The largest absolute Gasteiger partial charge is 0.390 e. The minimum atomic E-state index is -0.282. The zero-order valence-corrected chi connectivity index (χ0v) is 15.5. The van der Waals surface area contributed by atoms with Gasteiger partial charge in [-0.3, -0.25) is 4.79 Å². The maximum Gasteiger partial charge on any atom is 0.226 e. The molecule has 140 valence electrons. The number of oxime groups is 1. The van der Waals surface area contributed by atoms with Crippen LogP contribution < -0.4 is 0 Å². The van der Waals surface area contributed by atoms with Crippen LogP contribution in [0.1, 0.15) is 30.4 Å². The van der Waals surface area contributed by atoms with Gasteiger partial charge in [0.1, 0.15) is 5.82 Å². The van der Waals surface area contributed by atoms with Gasteiger partial charge < -0.3 is 9.74 Å². The molecule has 4 rings (SSSR count). The first-order valence-corrected chi connectivity index (χ1v) is 9.49. The van der Waals surface area contributed by atoms with Crippen molar-refractivity contribution in [2.24, 2.45) is 11.1 Å². The Kier molecular flexibility index (Phi) is 5.12. The van der Waals surface area contributed by atoms with Gasteiger partial charge in [-0.2, -0.15) is 0 Å². The third kappa shape index (κ3) is 4.30. The van der Waals surface area contributed by atoms with Crippen LogP contribution >= 0.6 is 11.6 Å². The highest BCUT2D eigenvalue weighted by Crippen LogP contribution is 2.32. The van der Waals surface area contributed by atoms with E-state index in [9.17, 15) is 9.18 Å². The SMILES string of the molecule is O=C(C1CC1)N(Cc1ccccc1Cl)C[C@@H]1CC(c2ccc(F)cc2)=NO1. The monoisotopic (exact) mass is 386 g/mol. The van der Waals surface area contributed by atoms with E-state index in [4.69, 9.17) is 16.4 Å². The number of rotatable bonds is 6. The maximum atomic E-state index is 13.1. The Bertz CT molecular complexity index is 865. The highest BCUT2D eigenvalue weighted by atomic mass is 35.5. The Labute approximate surface area is 162 Å². The van der Waals surface area contributed by atoms with Gasteiger partial charge in [0.05, 0.1) is 12.3 Å². The lowest BCUT2D eigenvalue weighted by molar-refractivity contribution is -0.135. The van der Waals surface area contributed by atoms with Gasteiger partial charge in [0.25, 0.3) is 0 Å². The molecule has 0 spiro atoms. The number of nitrogens with zero attached hydrogens (tertiary/aromatic N) is 2. The predicted octanol–water partition coefficient (Wildman–Crippen LogP) is 4.41. The first-order valence-electron chi connectivity index (χ1n) is 9.11. The number of hydrogen-bond acceptors (Lipinski definition) is 3.